The number of nitrogens with zero attached hydrogens (tertiary/aromatic N) is 4. The van der Waals surface area contributed by atoms with Crippen LogP contribution < -0.4 is 5.73 Å². The maximum atomic E-state index is 5.89. The van der Waals surface area contributed by atoms with Crippen LogP contribution >= 0.6 is 0 Å². The Morgan fingerprint density at radius 3 is 2.88 bits per heavy atom. The summed E-state index contributed by atoms with van der Waals surface area (Å²) in [5.74, 6) is 1.47. The predicted octanol–water partition coefficient (Wildman–Crippen LogP) is 1.43. The minimum Gasteiger partial charge on any atom is -0.398 e. The van der Waals surface area contributed by atoms with E-state index in [1.54, 1.807) is 4.68 Å². The van der Waals surface area contributed by atoms with Gasteiger partial charge in [0.2, 0.25) is 0 Å². The quantitative estimate of drug-likeness (QED) is 0.769. The monoisotopic (exact) mass is 215 g/mol. The lowest BCUT2D eigenvalue weighted by Crippen LogP contribution is -2.03. The number of nitrogen functional groups attached to an aromatic ring is 1. The number of benzene rings is 1. The van der Waals surface area contributed by atoms with Crippen LogP contribution in [0, 0.1) is 6.92 Å². The van der Waals surface area contributed by atoms with Crippen molar-refractivity contribution in [3.63, 3.8) is 0 Å². The van der Waals surface area contributed by atoms with Crippen LogP contribution in [0.4, 0.5) is 5.69 Å². The molecule has 1 aromatic heterocycles. The van der Waals surface area contributed by atoms with E-state index in [1.165, 1.54) is 12.8 Å². The van der Waals surface area contributed by atoms with Crippen LogP contribution in [-0.4, -0.2) is 20.2 Å². The van der Waals surface area contributed by atoms with Crippen LogP contribution in [0.2, 0.25) is 0 Å². The van der Waals surface area contributed by atoms with Gasteiger partial charge >= 0.3 is 0 Å². The third-order valence-electron chi connectivity index (χ3n) is 2.94. The van der Waals surface area contributed by atoms with E-state index in [9.17, 15) is 0 Å². The number of anilines is 1. The van der Waals surface area contributed by atoms with E-state index in [0.29, 0.717) is 5.92 Å². The van der Waals surface area contributed by atoms with Crippen molar-refractivity contribution in [2.75, 3.05) is 5.73 Å². The molecule has 0 amide bonds. The lowest BCUT2D eigenvalue weighted by Gasteiger charge is -2.06. The Morgan fingerprint density at radius 1 is 1.38 bits per heavy atom. The van der Waals surface area contributed by atoms with Crippen LogP contribution in [0.1, 0.15) is 30.1 Å². The summed E-state index contributed by atoms with van der Waals surface area (Å²) in [4.78, 5) is 0. The zero-order chi connectivity index (χ0) is 11.1. The molecule has 1 aliphatic carbocycles. The highest BCUT2D eigenvalue weighted by molar-refractivity contribution is 5.53. The maximum absolute atomic E-state index is 5.89. The van der Waals surface area contributed by atoms with E-state index in [-0.39, 0.29) is 0 Å². The normalized spacial score (nSPS) is 15.3. The van der Waals surface area contributed by atoms with Crippen molar-refractivity contribution in [3.05, 3.63) is 29.6 Å². The molecule has 0 radical (unpaired) electrons. The van der Waals surface area contributed by atoms with E-state index in [1.807, 2.05) is 25.1 Å². The summed E-state index contributed by atoms with van der Waals surface area (Å²) in [6.07, 6.45) is 2.36. The summed E-state index contributed by atoms with van der Waals surface area (Å²) in [7, 11) is 0. The van der Waals surface area contributed by atoms with Gasteiger partial charge in [-0.25, -0.2) is 0 Å². The lowest BCUT2D eigenvalue weighted by atomic mass is 10.2. The second-order valence-electron chi connectivity index (χ2n) is 4.26. The number of nitrogens with two attached hydrogens (primary N) is 1. The Kier molecular flexibility index (Phi) is 1.92. The van der Waals surface area contributed by atoms with Crippen molar-refractivity contribution in [1.29, 1.82) is 0 Å². The third kappa shape index (κ3) is 1.44. The summed E-state index contributed by atoms with van der Waals surface area (Å²) in [6.45, 7) is 1.99. The molecular weight excluding hydrogens is 202 g/mol. The van der Waals surface area contributed by atoms with Gasteiger partial charge in [0.15, 0.2) is 5.82 Å². The van der Waals surface area contributed by atoms with Crippen LogP contribution in [0.5, 0.6) is 0 Å². The van der Waals surface area contributed by atoms with Crippen molar-refractivity contribution < 1.29 is 0 Å². The average Bonchev–Trinajstić information content (AvgIpc) is 3.01. The smallest absolute Gasteiger partial charge is 0.159 e. The van der Waals surface area contributed by atoms with Gasteiger partial charge in [-0.1, -0.05) is 6.07 Å². The SMILES string of the molecule is Cc1ccc(-n2nnnc2C2CC2)cc1N. The molecule has 0 atom stereocenters. The predicted molar refractivity (Wildman–Crippen MR) is 60.3 cm³/mol. The van der Waals surface area contributed by atoms with Gasteiger partial charge in [-0.2, -0.15) is 4.68 Å². The summed E-state index contributed by atoms with van der Waals surface area (Å²) < 4.78 is 1.79. The zero-order valence-electron chi connectivity index (χ0n) is 9.09. The lowest BCUT2D eigenvalue weighted by molar-refractivity contribution is 0.763. The van der Waals surface area contributed by atoms with Crippen molar-refractivity contribution in [3.8, 4) is 5.69 Å². The molecule has 5 nitrogen and oxygen atoms in total. The van der Waals surface area contributed by atoms with Crippen molar-refractivity contribution in [1.82, 2.24) is 20.2 Å². The van der Waals surface area contributed by atoms with Gasteiger partial charge < -0.3 is 5.73 Å². The molecule has 0 spiro atoms. The fourth-order valence-corrected chi connectivity index (χ4v) is 1.73. The van der Waals surface area contributed by atoms with Crippen molar-refractivity contribution in [2.24, 2.45) is 0 Å². The largest absolute Gasteiger partial charge is 0.398 e. The summed E-state index contributed by atoms with van der Waals surface area (Å²) in [5, 5.41) is 11.8. The molecule has 0 saturated heterocycles. The topological polar surface area (TPSA) is 69.6 Å². The average molecular weight is 215 g/mol. The number of hydrogen-bond donors (Lipinski definition) is 1. The molecule has 0 aliphatic heterocycles. The van der Waals surface area contributed by atoms with E-state index < -0.39 is 0 Å². The van der Waals surface area contributed by atoms with E-state index in [0.717, 1.165) is 22.8 Å². The molecule has 3 rings (SSSR count). The minimum absolute atomic E-state index is 0.525. The van der Waals surface area contributed by atoms with E-state index in [2.05, 4.69) is 15.5 Å². The molecule has 16 heavy (non-hydrogen) atoms. The van der Waals surface area contributed by atoms with Crippen LogP contribution in [-0.2, 0) is 0 Å². The first-order chi connectivity index (χ1) is 7.75. The molecule has 2 aromatic rings. The second-order valence-corrected chi connectivity index (χ2v) is 4.26. The fourth-order valence-electron chi connectivity index (χ4n) is 1.73. The molecule has 82 valence electrons. The van der Waals surface area contributed by atoms with Crippen LogP contribution in [0.25, 0.3) is 5.69 Å². The number of hydrogen-bond acceptors (Lipinski definition) is 4. The van der Waals surface area contributed by atoms with Gasteiger partial charge in [-0.15, -0.1) is 5.10 Å². The Labute approximate surface area is 93.3 Å². The number of rotatable bonds is 2. The Hall–Kier alpha value is -1.91. The molecular formula is C11H13N5. The van der Waals surface area contributed by atoms with Gasteiger partial charge in [0, 0.05) is 11.6 Å². The number of aromatic nitrogens is 4. The van der Waals surface area contributed by atoms with Crippen LogP contribution in [0.15, 0.2) is 18.2 Å². The zero-order valence-corrected chi connectivity index (χ0v) is 9.09. The number of tetrazole rings is 1. The van der Waals surface area contributed by atoms with Gasteiger partial charge in [0.25, 0.3) is 0 Å². The standard InChI is InChI=1S/C11H13N5/c1-7-2-5-9(6-10(7)12)16-11(8-3-4-8)13-14-15-16/h2,5-6,8H,3-4,12H2,1H3. The van der Waals surface area contributed by atoms with E-state index >= 15 is 0 Å². The highest BCUT2D eigenvalue weighted by Crippen LogP contribution is 2.39. The highest BCUT2D eigenvalue weighted by atomic mass is 15.5. The minimum atomic E-state index is 0.525. The summed E-state index contributed by atoms with van der Waals surface area (Å²) in [5.41, 5.74) is 8.67. The molecule has 2 N–H and O–H groups in total. The van der Waals surface area contributed by atoms with Gasteiger partial charge in [0.1, 0.15) is 0 Å². The molecule has 1 saturated carbocycles. The first-order valence-corrected chi connectivity index (χ1v) is 5.40. The van der Waals surface area contributed by atoms with Gasteiger partial charge in [0.05, 0.1) is 5.69 Å². The maximum Gasteiger partial charge on any atom is 0.159 e. The summed E-state index contributed by atoms with van der Waals surface area (Å²) in [6, 6.07) is 5.90. The molecule has 0 unspecified atom stereocenters. The van der Waals surface area contributed by atoms with Gasteiger partial charge in [-0.3, -0.25) is 0 Å². The Balaban J connectivity index is 2.07. The fraction of sp³-hybridized carbons (Fsp3) is 0.364. The molecule has 1 fully saturated rings. The first-order valence-electron chi connectivity index (χ1n) is 5.40. The molecule has 1 aromatic carbocycles. The highest BCUT2D eigenvalue weighted by Gasteiger charge is 2.29. The molecule has 1 aliphatic rings. The Morgan fingerprint density at radius 2 is 2.19 bits per heavy atom. The Bertz CT molecular complexity index is 527. The van der Waals surface area contributed by atoms with Crippen molar-refractivity contribution in [2.45, 2.75) is 25.7 Å². The molecule has 0 bridgehead atoms. The molecule has 5 heteroatoms. The van der Waals surface area contributed by atoms with Gasteiger partial charge in [-0.05, 0) is 47.9 Å². The number of aryl methyl sites for hydroxylation is 1. The first kappa shape index (κ1) is 9.33. The van der Waals surface area contributed by atoms with E-state index in [4.69, 9.17) is 5.73 Å². The third-order valence-corrected chi connectivity index (χ3v) is 2.94. The van der Waals surface area contributed by atoms with Crippen LogP contribution in [0.3, 0.4) is 0 Å². The molecule has 1 heterocycles. The second kappa shape index (κ2) is 3.30. The summed E-state index contributed by atoms with van der Waals surface area (Å²) >= 11 is 0. The van der Waals surface area contributed by atoms with Crippen molar-refractivity contribution >= 4 is 5.69 Å².